The molecule has 1 rings (SSSR count). The van der Waals surface area contributed by atoms with Crippen LogP contribution in [0.1, 0.15) is 25.0 Å². The molecule has 2 N–H and O–H groups in total. The Kier molecular flexibility index (Phi) is 6.42. The van der Waals surface area contributed by atoms with Crippen LogP contribution in [0.3, 0.4) is 0 Å². The molecule has 1 aromatic carbocycles. The molecular weight excluding hydrogens is 241 g/mol. The molecule has 4 heteroatoms. The Labute approximate surface area is 116 Å². The van der Waals surface area contributed by atoms with Crippen molar-refractivity contribution in [3.63, 3.8) is 0 Å². The molecule has 0 radical (unpaired) electrons. The van der Waals surface area contributed by atoms with Gasteiger partial charge in [-0.25, -0.2) is 4.39 Å². The van der Waals surface area contributed by atoms with E-state index in [2.05, 4.69) is 37.7 Å². The summed E-state index contributed by atoms with van der Waals surface area (Å²) in [7, 11) is 4.13. The van der Waals surface area contributed by atoms with E-state index in [0.717, 1.165) is 30.8 Å². The van der Waals surface area contributed by atoms with E-state index in [9.17, 15) is 4.39 Å². The SMILES string of the molecule is CCN(Cc1cc(F)ccc1CN)C(C)CN(C)C. The summed E-state index contributed by atoms with van der Waals surface area (Å²) in [5.41, 5.74) is 7.75. The summed E-state index contributed by atoms with van der Waals surface area (Å²) < 4.78 is 13.4. The molecule has 1 unspecified atom stereocenters. The van der Waals surface area contributed by atoms with Crippen LogP contribution in [0.2, 0.25) is 0 Å². The van der Waals surface area contributed by atoms with E-state index >= 15 is 0 Å². The summed E-state index contributed by atoms with van der Waals surface area (Å²) in [6.45, 7) is 7.46. The first-order chi connectivity index (χ1) is 8.97. The van der Waals surface area contributed by atoms with Crippen LogP contribution < -0.4 is 5.73 Å². The number of hydrogen-bond donors (Lipinski definition) is 1. The molecule has 0 aromatic heterocycles. The third-order valence-electron chi connectivity index (χ3n) is 3.42. The Morgan fingerprint density at radius 3 is 2.47 bits per heavy atom. The van der Waals surface area contributed by atoms with Crippen LogP contribution in [0.25, 0.3) is 0 Å². The molecule has 0 aliphatic carbocycles. The van der Waals surface area contributed by atoms with Gasteiger partial charge in [0.15, 0.2) is 0 Å². The fourth-order valence-corrected chi connectivity index (χ4v) is 2.38. The Morgan fingerprint density at radius 1 is 1.26 bits per heavy atom. The minimum absolute atomic E-state index is 0.191. The molecule has 0 fully saturated rings. The molecule has 0 saturated carbocycles. The fourth-order valence-electron chi connectivity index (χ4n) is 2.38. The third-order valence-corrected chi connectivity index (χ3v) is 3.42. The van der Waals surface area contributed by atoms with Gasteiger partial charge in [0.05, 0.1) is 0 Å². The predicted octanol–water partition coefficient (Wildman–Crippen LogP) is 2.06. The van der Waals surface area contributed by atoms with Crippen LogP contribution in [0.4, 0.5) is 4.39 Å². The Morgan fingerprint density at radius 2 is 1.95 bits per heavy atom. The van der Waals surface area contributed by atoms with Gasteiger partial charge in [-0.15, -0.1) is 0 Å². The number of hydrogen-bond acceptors (Lipinski definition) is 3. The molecule has 0 bridgehead atoms. The first kappa shape index (κ1) is 16.1. The van der Waals surface area contributed by atoms with Gasteiger partial charge in [0.1, 0.15) is 5.82 Å². The van der Waals surface area contributed by atoms with Gasteiger partial charge in [-0.05, 0) is 50.8 Å². The number of benzene rings is 1. The summed E-state index contributed by atoms with van der Waals surface area (Å²) in [5, 5.41) is 0. The van der Waals surface area contributed by atoms with Gasteiger partial charge < -0.3 is 10.6 Å². The van der Waals surface area contributed by atoms with E-state index in [1.807, 2.05) is 0 Å². The van der Waals surface area contributed by atoms with Gasteiger partial charge >= 0.3 is 0 Å². The fraction of sp³-hybridized carbons (Fsp3) is 0.600. The molecule has 0 saturated heterocycles. The van der Waals surface area contributed by atoms with Crippen molar-refractivity contribution in [2.75, 3.05) is 27.2 Å². The normalized spacial score (nSPS) is 13.3. The first-order valence-electron chi connectivity index (χ1n) is 6.84. The Bertz CT molecular complexity index is 393. The summed E-state index contributed by atoms with van der Waals surface area (Å²) in [6, 6.07) is 5.29. The smallest absolute Gasteiger partial charge is 0.123 e. The van der Waals surface area contributed by atoms with E-state index in [0.29, 0.717) is 12.6 Å². The molecule has 0 aliphatic heterocycles. The van der Waals surface area contributed by atoms with Crippen molar-refractivity contribution in [3.05, 3.63) is 35.1 Å². The Balaban J connectivity index is 2.82. The summed E-state index contributed by atoms with van der Waals surface area (Å²) in [5.74, 6) is -0.191. The highest BCUT2D eigenvalue weighted by Crippen LogP contribution is 2.15. The molecule has 19 heavy (non-hydrogen) atoms. The van der Waals surface area contributed by atoms with Gasteiger partial charge in [0.25, 0.3) is 0 Å². The van der Waals surface area contributed by atoms with E-state index in [-0.39, 0.29) is 5.82 Å². The molecule has 0 spiro atoms. The standard InChI is InChI=1S/C15H26FN3/c1-5-19(12(2)10-18(3)4)11-14-8-15(16)7-6-13(14)9-17/h6-8,12H,5,9-11,17H2,1-4H3. The zero-order valence-electron chi connectivity index (χ0n) is 12.5. The maximum atomic E-state index is 13.4. The quantitative estimate of drug-likeness (QED) is 0.821. The number of nitrogens with zero attached hydrogens (tertiary/aromatic N) is 2. The van der Waals surface area contributed by atoms with Gasteiger partial charge in [-0.1, -0.05) is 13.0 Å². The molecule has 108 valence electrons. The first-order valence-corrected chi connectivity index (χ1v) is 6.84. The van der Waals surface area contributed by atoms with Crippen molar-refractivity contribution in [2.24, 2.45) is 5.73 Å². The molecule has 1 aromatic rings. The highest BCUT2D eigenvalue weighted by molar-refractivity contribution is 5.27. The summed E-state index contributed by atoms with van der Waals surface area (Å²) >= 11 is 0. The average molecular weight is 267 g/mol. The van der Waals surface area contributed by atoms with Crippen LogP contribution in [0.5, 0.6) is 0 Å². The zero-order chi connectivity index (χ0) is 14.4. The van der Waals surface area contributed by atoms with Crippen molar-refractivity contribution in [1.29, 1.82) is 0 Å². The van der Waals surface area contributed by atoms with E-state index in [4.69, 9.17) is 5.73 Å². The molecular formula is C15H26FN3. The number of nitrogens with two attached hydrogens (primary N) is 1. The van der Waals surface area contributed by atoms with Gasteiger partial charge in [0, 0.05) is 25.7 Å². The van der Waals surface area contributed by atoms with Crippen LogP contribution >= 0.6 is 0 Å². The van der Waals surface area contributed by atoms with Gasteiger partial charge in [-0.3, -0.25) is 4.90 Å². The number of halogens is 1. The highest BCUT2D eigenvalue weighted by atomic mass is 19.1. The second-order valence-corrected chi connectivity index (χ2v) is 5.29. The van der Waals surface area contributed by atoms with Crippen LogP contribution in [-0.4, -0.2) is 43.0 Å². The minimum atomic E-state index is -0.191. The molecule has 3 nitrogen and oxygen atoms in total. The van der Waals surface area contributed by atoms with Crippen LogP contribution in [-0.2, 0) is 13.1 Å². The third kappa shape index (κ3) is 4.90. The maximum Gasteiger partial charge on any atom is 0.123 e. The van der Waals surface area contributed by atoms with Gasteiger partial charge in [0.2, 0.25) is 0 Å². The lowest BCUT2D eigenvalue weighted by atomic mass is 10.1. The second-order valence-electron chi connectivity index (χ2n) is 5.29. The monoisotopic (exact) mass is 267 g/mol. The maximum absolute atomic E-state index is 13.4. The predicted molar refractivity (Wildman–Crippen MR) is 78.4 cm³/mol. The molecule has 1 atom stereocenters. The highest BCUT2D eigenvalue weighted by Gasteiger charge is 2.15. The molecule has 0 amide bonds. The van der Waals surface area contributed by atoms with Crippen molar-refractivity contribution in [2.45, 2.75) is 33.0 Å². The van der Waals surface area contributed by atoms with Crippen LogP contribution in [0.15, 0.2) is 18.2 Å². The topological polar surface area (TPSA) is 32.5 Å². The number of rotatable bonds is 7. The lowest BCUT2D eigenvalue weighted by Gasteiger charge is -2.30. The van der Waals surface area contributed by atoms with E-state index in [1.165, 1.54) is 6.07 Å². The Hall–Kier alpha value is -0.970. The van der Waals surface area contributed by atoms with Gasteiger partial charge in [-0.2, -0.15) is 0 Å². The summed E-state index contributed by atoms with van der Waals surface area (Å²) in [6.07, 6.45) is 0. The molecule has 0 aliphatic rings. The van der Waals surface area contributed by atoms with Crippen molar-refractivity contribution in [1.82, 2.24) is 9.80 Å². The largest absolute Gasteiger partial charge is 0.326 e. The molecule has 0 heterocycles. The second kappa shape index (κ2) is 7.58. The minimum Gasteiger partial charge on any atom is -0.326 e. The van der Waals surface area contributed by atoms with Crippen LogP contribution in [0, 0.1) is 5.82 Å². The lowest BCUT2D eigenvalue weighted by molar-refractivity contribution is 0.174. The zero-order valence-corrected chi connectivity index (χ0v) is 12.5. The van der Waals surface area contributed by atoms with E-state index in [1.54, 1.807) is 12.1 Å². The summed E-state index contributed by atoms with van der Waals surface area (Å²) in [4.78, 5) is 4.51. The average Bonchev–Trinajstić information content (AvgIpc) is 2.35. The van der Waals surface area contributed by atoms with Crippen molar-refractivity contribution < 1.29 is 4.39 Å². The number of likely N-dealkylation sites (N-methyl/N-ethyl adjacent to an activating group) is 2. The van der Waals surface area contributed by atoms with E-state index < -0.39 is 0 Å². The van der Waals surface area contributed by atoms with Crippen molar-refractivity contribution in [3.8, 4) is 0 Å². The lowest BCUT2D eigenvalue weighted by Crippen LogP contribution is -2.39. The van der Waals surface area contributed by atoms with Crippen molar-refractivity contribution >= 4 is 0 Å².